The van der Waals surface area contributed by atoms with Gasteiger partial charge < -0.3 is 15.2 Å². The summed E-state index contributed by atoms with van der Waals surface area (Å²) in [5.41, 5.74) is 0.105. The van der Waals surface area contributed by atoms with Crippen molar-refractivity contribution in [2.75, 3.05) is 7.05 Å². The fraction of sp³-hybridized carbons (Fsp3) is 0.600. The summed E-state index contributed by atoms with van der Waals surface area (Å²) in [5, 5.41) is 13.7. The normalized spacial score (nSPS) is 16.9. The average Bonchev–Trinajstić information content (AvgIpc) is 2.67. The number of hydrogen-bond donors (Lipinski definition) is 1. The number of amides is 1. The second-order valence-corrected chi connectivity index (χ2v) is 9.81. The molecular weight excluding hydrogens is 380 g/mol. The van der Waals surface area contributed by atoms with E-state index in [9.17, 15) is 23.1 Å². The molecule has 1 N–H and O–H groups in total. The second kappa shape index (κ2) is 9.52. The highest BCUT2D eigenvalue weighted by atomic mass is 32.2. The molecule has 1 amide bonds. The van der Waals surface area contributed by atoms with Crippen LogP contribution in [-0.4, -0.2) is 43.7 Å². The summed E-state index contributed by atoms with van der Waals surface area (Å²) in [5.74, 6) is -1.94. The van der Waals surface area contributed by atoms with Gasteiger partial charge in [0, 0.05) is 18.7 Å². The molecule has 1 saturated carbocycles. The Morgan fingerprint density at radius 3 is 2.43 bits per heavy atom. The predicted molar refractivity (Wildman–Crippen MR) is 104 cm³/mol. The molecule has 1 fully saturated rings. The van der Waals surface area contributed by atoms with E-state index in [0.29, 0.717) is 0 Å². The zero-order chi connectivity index (χ0) is 20.9. The van der Waals surface area contributed by atoms with Crippen LogP contribution in [0.3, 0.4) is 0 Å². The minimum Gasteiger partial charge on any atom is -0.548 e. The van der Waals surface area contributed by atoms with Crippen LogP contribution in [0, 0.1) is 5.92 Å². The van der Waals surface area contributed by atoms with Crippen molar-refractivity contribution >= 4 is 21.9 Å². The van der Waals surface area contributed by atoms with Gasteiger partial charge in [-0.15, -0.1) is 0 Å². The molecule has 1 aromatic carbocycles. The van der Waals surface area contributed by atoms with E-state index in [-0.39, 0.29) is 28.8 Å². The van der Waals surface area contributed by atoms with Crippen LogP contribution >= 0.6 is 0 Å². The van der Waals surface area contributed by atoms with E-state index in [4.69, 9.17) is 0 Å². The van der Waals surface area contributed by atoms with Crippen LogP contribution in [0.5, 0.6) is 0 Å². The zero-order valence-electron chi connectivity index (χ0n) is 16.7. The fourth-order valence-corrected chi connectivity index (χ4v) is 4.99. The summed E-state index contributed by atoms with van der Waals surface area (Å²) in [7, 11) is -2.16. The SMILES string of the molecule is CC(C)C[C@H](NC(=O)c1cccc(S(=O)(=O)N(C)C2CCCCC2)c1)C(=O)[O-]. The number of nitrogens with one attached hydrogen (secondary N) is 1. The lowest BCUT2D eigenvalue weighted by Gasteiger charge is -2.30. The molecule has 2 rings (SSSR count). The molecule has 7 nitrogen and oxygen atoms in total. The van der Waals surface area contributed by atoms with Crippen LogP contribution in [0.4, 0.5) is 0 Å². The number of carbonyl (C=O) groups is 2. The molecular formula is C20H29N2O5S-. The molecule has 0 radical (unpaired) electrons. The molecule has 0 unspecified atom stereocenters. The van der Waals surface area contributed by atoms with E-state index in [0.717, 1.165) is 32.1 Å². The summed E-state index contributed by atoms with van der Waals surface area (Å²) in [4.78, 5) is 23.8. The van der Waals surface area contributed by atoms with Crippen LogP contribution in [0.2, 0.25) is 0 Å². The first-order valence-corrected chi connectivity index (χ1v) is 11.2. The first-order valence-electron chi connectivity index (χ1n) is 9.72. The minimum atomic E-state index is -3.73. The minimum absolute atomic E-state index is 0.0297. The lowest BCUT2D eigenvalue weighted by Crippen LogP contribution is -2.48. The quantitative estimate of drug-likeness (QED) is 0.701. The van der Waals surface area contributed by atoms with Crippen molar-refractivity contribution < 1.29 is 23.1 Å². The van der Waals surface area contributed by atoms with Gasteiger partial charge in [0.1, 0.15) is 0 Å². The second-order valence-electron chi connectivity index (χ2n) is 7.82. The molecule has 0 spiro atoms. The van der Waals surface area contributed by atoms with Crippen LogP contribution in [0.1, 0.15) is 62.7 Å². The van der Waals surface area contributed by atoms with Crippen LogP contribution in [0.25, 0.3) is 0 Å². The third-order valence-corrected chi connectivity index (χ3v) is 7.07. The Kier molecular flexibility index (Phi) is 7.60. The van der Waals surface area contributed by atoms with E-state index < -0.39 is 27.9 Å². The Bertz CT molecular complexity index is 801. The number of benzene rings is 1. The van der Waals surface area contributed by atoms with Gasteiger partial charge in [-0.2, -0.15) is 4.31 Å². The summed E-state index contributed by atoms with van der Waals surface area (Å²) in [6, 6.07) is 4.55. The van der Waals surface area contributed by atoms with E-state index in [1.54, 1.807) is 7.05 Å². The number of rotatable bonds is 8. The first-order chi connectivity index (χ1) is 13.1. The van der Waals surface area contributed by atoms with Gasteiger partial charge in [-0.05, 0) is 43.4 Å². The molecule has 1 atom stereocenters. The summed E-state index contributed by atoms with van der Waals surface area (Å²) < 4.78 is 27.3. The zero-order valence-corrected chi connectivity index (χ0v) is 17.5. The fourth-order valence-electron chi connectivity index (χ4n) is 3.53. The number of carboxylic acids is 1. The maximum atomic E-state index is 13.0. The van der Waals surface area contributed by atoms with Gasteiger partial charge in [0.25, 0.3) is 5.91 Å². The molecule has 1 aromatic rings. The van der Waals surface area contributed by atoms with Crippen molar-refractivity contribution in [3.8, 4) is 0 Å². The average molecular weight is 410 g/mol. The third kappa shape index (κ3) is 5.54. The maximum absolute atomic E-state index is 13.0. The highest BCUT2D eigenvalue weighted by Gasteiger charge is 2.29. The number of hydrogen-bond acceptors (Lipinski definition) is 5. The standard InChI is InChI=1S/C20H30N2O5S/c1-14(2)12-18(20(24)25)21-19(23)15-8-7-11-17(13-15)28(26,27)22(3)16-9-5-4-6-10-16/h7-8,11,13-14,16,18H,4-6,9-10,12H2,1-3H3,(H,21,23)(H,24,25)/p-1/t18-/m0/s1. The summed E-state index contributed by atoms with van der Waals surface area (Å²) in [6.45, 7) is 3.69. The van der Waals surface area contributed by atoms with Gasteiger partial charge in [0.05, 0.1) is 16.9 Å². The van der Waals surface area contributed by atoms with Crippen molar-refractivity contribution in [3.63, 3.8) is 0 Å². The van der Waals surface area contributed by atoms with Gasteiger partial charge in [-0.1, -0.05) is 39.2 Å². The number of carbonyl (C=O) groups excluding carboxylic acids is 2. The van der Waals surface area contributed by atoms with E-state index in [1.807, 2.05) is 13.8 Å². The Morgan fingerprint density at radius 2 is 1.86 bits per heavy atom. The molecule has 0 bridgehead atoms. The lowest BCUT2D eigenvalue weighted by molar-refractivity contribution is -0.308. The van der Waals surface area contributed by atoms with Crippen molar-refractivity contribution in [3.05, 3.63) is 29.8 Å². The van der Waals surface area contributed by atoms with Gasteiger partial charge in [0.15, 0.2) is 0 Å². The third-order valence-electron chi connectivity index (χ3n) is 5.16. The monoisotopic (exact) mass is 409 g/mol. The number of aliphatic carboxylic acids is 1. The maximum Gasteiger partial charge on any atom is 0.251 e. The van der Waals surface area contributed by atoms with Crippen molar-refractivity contribution in [2.24, 2.45) is 5.92 Å². The Labute approximate surface area is 167 Å². The number of nitrogens with zero attached hydrogens (tertiary/aromatic N) is 1. The molecule has 0 heterocycles. The molecule has 28 heavy (non-hydrogen) atoms. The van der Waals surface area contributed by atoms with Gasteiger partial charge in [0.2, 0.25) is 10.0 Å². The van der Waals surface area contributed by atoms with Crippen molar-refractivity contribution in [1.82, 2.24) is 9.62 Å². The molecule has 0 aromatic heterocycles. The topological polar surface area (TPSA) is 107 Å². The van der Waals surface area contributed by atoms with E-state index in [2.05, 4.69) is 5.32 Å². The number of sulfonamides is 1. The predicted octanol–water partition coefficient (Wildman–Crippen LogP) is 1.53. The van der Waals surface area contributed by atoms with Crippen molar-refractivity contribution in [1.29, 1.82) is 0 Å². The lowest BCUT2D eigenvalue weighted by atomic mass is 9.96. The molecule has 0 saturated heterocycles. The Morgan fingerprint density at radius 1 is 1.21 bits per heavy atom. The van der Waals surface area contributed by atoms with Gasteiger partial charge in [-0.25, -0.2) is 8.42 Å². The molecule has 8 heteroatoms. The summed E-state index contributed by atoms with van der Waals surface area (Å²) >= 11 is 0. The van der Waals surface area contributed by atoms with Crippen LogP contribution in [-0.2, 0) is 14.8 Å². The van der Waals surface area contributed by atoms with Gasteiger partial charge in [-0.3, -0.25) is 4.79 Å². The largest absolute Gasteiger partial charge is 0.548 e. The molecule has 1 aliphatic rings. The van der Waals surface area contributed by atoms with E-state index in [1.165, 1.54) is 28.6 Å². The van der Waals surface area contributed by atoms with Crippen LogP contribution in [0.15, 0.2) is 29.2 Å². The van der Waals surface area contributed by atoms with Gasteiger partial charge >= 0.3 is 0 Å². The Hall–Kier alpha value is -1.93. The molecule has 0 aliphatic heterocycles. The number of carboxylic acid groups (broad SMARTS) is 1. The Balaban J connectivity index is 2.20. The van der Waals surface area contributed by atoms with Crippen molar-refractivity contribution in [2.45, 2.75) is 69.4 Å². The molecule has 1 aliphatic carbocycles. The highest BCUT2D eigenvalue weighted by molar-refractivity contribution is 7.89. The first kappa shape index (κ1) is 22.4. The van der Waals surface area contributed by atoms with E-state index >= 15 is 0 Å². The smallest absolute Gasteiger partial charge is 0.251 e. The summed E-state index contributed by atoms with van der Waals surface area (Å²) in [6.07, 6.45) is 5.03. The molecule has 156 valence electrons. The van der Waals surface area contributed by atoms with Crippen LogP contribution < -0.4 is 10.4 Å². The highest BCUT2D eigenvalue weighted by Crippen LogP contribution is 2.26.